The molecule has 11 heteroatoms. The summed E-state index contributed by atoms with van der Waals surface area (Å²) in [4.78, 5) is 33.1. The summed E-state index contributed by atoms with van der Waals surface area (Å²) in [6.07, 6.45) is 3.13. The summed E-state index contributed by atoms with van der Waals surface area (Å²) >= 11 is 5.22. The number of nitrogens with zero attached hydrogens (tertiary/aromatic N) is 5. The van der Waals surface area contributed by atoms with Gasteiger partial charge in [-0.25, -0.2) is 15.0 Å². The molecule has 0 aliphatic heterocycles. The summed E-state index contributed by atoms with van der Waals surface area (Å²) in [6, 6.07) is 0. The van der Waals surface area contributed by atoms with Crippen LogP contribution in [0.1, 0.15) is 33.4 Å². The number of thioether (sulfide) groups is 1. The van der Waals surface area contributed by atoms with Crippen LogP contribution in [-0.2, 0) is 25.3 Å². The summed E-state index contributed by atoms with van der Waals surface area (Å²) in [5, 5.41) is 9.58. The van der Waals surface area contributed by atoms with Crippen molar-refractivity contribution in [2.45, 2.75) is 31.7 Å². The van der Waals surface area contributed by atoms with E-state index in [0.717, 1.165) is 59.0 Å². The maximum atomic E-state index is 12.4. The first-order valence-electron chi connectivity index (χ1n) is 10.4. The fraction of sp³-hybridized carbons (Fsp3) is 0.524. The van der Waals surface area contributed by atoms with Gasteiger partial charge in [0.1, 0.15) is 10.0 Å². The number of aromatic nitrogens is 4. The topological polar surface area (TPSA) is 90.0 Å². The Morgan fingerprint density at radius 2 is 1.69 bits per heavy atom. The molecule has 32 heavy (non-hydrogen) atoms. The number of nitrogens with one attached hydrogen (secondary N) is 2. The third kappa shape index (κ3) is 8.28. The van der Waals surface area contributed by atoms with Gasteiger partial charge in [-0.05, 0) is 40.4 Å². The Bertz CT molecular complexity index is 1030. The Morgan fingerprint density at radius 1 is 1.03 bits per heavy atom. The Hall–Kier alpha value is -1.79. The predicted molar refractivity (Wildman–Crippen MR) is 136 cm³/mol. The van der Waals surface area contributed by atoms with Crippen LogP contribution < -0.4 is 10.9 Å². The van der Waals surface area contributed by atoms with E-state index >= 15 is 0 Å². The summed E-state index contributed by atoms with van der Waals surface area (Å²) in [5.41, 5.74) is 2.58. The van der Waals surface area contributed by atoms with Crippen molar-refractivity contribution in [2.75, 3.05) is 45.8 Å². The van der Waals surface area contributed by atoms with Crippen molar-refractivity contribution in [2.24, 2.45) is 0 Å². The number of thiazole rings is 2. The summed E-state index contributed by atoms with van der Waals surface area (Å²) in [6.45, 7) is 2.46. The number of hydrogen-bond donors (Lipinski definition) is 2. The molecule has 0 radical (unpaired) electrons. The van der Waals surface area contributed by atoms with Crippen LogP contribution in [0.4, 0.5) is 5.95 Å². The maximum absolute atomic E-state index is 12.4. The highest BCUT2D eigenvalue weighted by atomic mass is 32.2. The molecule has 0 aliphatic rings. The molecular weight excluding hydrogens is 462 g/mol. The van der Waals surface area contributed by atoms with Gasteiger partial charge in [-0.1, -0.05) is 0 Å². The minimum atomic E-state index is -0.115. The minimum Gasteiger partial charge on any atom is -0.356 e. The zero-order chi connectivity index (χ0) is 22.9. The Balaban J connectivity index is 1.37. The largest absolute Gasteiger partial charge is 0.356 e. The summed E-state index contributed by atoms with van der Waals surface area (Å²) in [7, 11) is 8.15. The van der Waals surface area contributed by atoms with Crippen LogP contribution in [0.2, 0.25) is 0 Å². The standard InChI is InChI=1S/C21H31N7OS3/c1-27(2)10-18-24-16(13-31-18)8-15-9-23-21(26-20(15)29)22-6-5-7-30-12-17-14-32-19(25-17)11-28(3)4/h9,13-14H,5-8,10-12H2,1-4H3,(H2,22,23,26,29). The predicted octanol–water partition coefficient (Wildman–Crippen LogP) is 3.13. The summed E-state index contributed by atoms with van der Waals surface area (Å²) in [5.74, 6) is 2.47. The van der Waals surface area contributed by atoms with E-state index in [1.165, 1.54) is 0 Å². The van der Waals surface area contributed by atoms with Crippen LogP contribution in [0.3, 0.4) is 0 Å². The fourth-order valence-electron chi connectivity index (χ4n) is 2.92. The van der Waals surface area contributed by atoms with Crippen LogP contribution in [0, 0.1) is 0 Å². The molecule has 3 rings (SSSR count). The average molecular weight is 494 g/mol. The summed E-state index contributed by atoms with van der Waals surface area (Å²) < 4.78 is 0. The van der Waals surface area contributed by atoms with Crippen LogP contribution in [0.15, 0.2) is 21.8 Å². The van der Waals surface area contributed by atoms with Crippen molar-refractivity contribution in [1.82, 2.24) is 29.7 Å². The molecule has 0 aromatic carbocycles. The lowest BCUT2D eigenvalue weighted by Crippen LogP contribution is -2.18. The van der Waals surface area contributed by atoms with Crippen molar-refractivity contribution >= 4 is 40.4 Å². The smallest absolute Gasteiger partial charge is 0.255 e. The van der Waals surface area contributed by atoms with E-state index in [9.17, 15) is 4.79 Å². The Kier molecular flexibility index (Phi) is 9.67. The van der Waals surface area contributed by atoms with Crippen molar-refractivity contribution in [3.05, 3.63) is 54.3 Å². The monoisotopic (exact) mass is 493 g/mol. The molecule has 0 amide bonds. The van der Waals surface area contributed by atoms with E-state index in [2.05, 4.69) is 54.5 Å². The van der Waals surface area contributed by atoms with Gasteiger partial charge in [-0.15, -0.1) is 22.7 Å². The molecule has 174 valence electrons. The van der Waals surface area contributed by atoms with Gasteiger partial charge in [0.15, 0.2) is 0 Å². The van der Waals surface area contributed by atoms with Crippen LogP contribution in [-0.4, -0.2) is 70.2 Å². The molecular formula is C21H31N7OS3. The molecule has 0 unspecified atom stereocenters. The number of rotatable bonds is 13. The zero-order valence-electron chi connectivity index (χ0n) is 19.1. The molecule has 0 saturated carbocycles. The second-order valence-electron chi connectivity index (χ2n) is 8.04. The quantitative estimate of drug-likeness (QED) is 0.351. The van der Waals surface area contributed by atoms with Gasteiger partial charge >= 0.3 is 0 Å². The molecule has 8 nitrogen and oxygen atoms in total. The average Bonchev–Trinajstić information content (AvgIpc) is 3.35. The molecule has 0 fully saturated rings. The van der Waals surface area contributed by atoms with Gasteiger partial charge in [0.25, 0.3) is 5.56 Å². The molecule has 2 N–H and O–H groups in total. The molecule has 0 atom stereocenters. The highest BCUT2D eigenvalue weighted by molar-refractivity contribution is 7.98. The van der Waals surface area contributed by atoms with E-state index in [4.69, 9.17) is 0 Å². The maximum Gasteiger partial charge on any atom is 0.255 e. The lowest BCUT2D eigenvalue weighted by atomic mass is 10.2. The van der Waals surface area contributed by atoms with Crippen LogP contribution >= 0.6 is 34.4 Å². The number of anilines is 1. The number of H-pyrrole nitrogens is 1. The van der Waals surface area contributed by atoms with E-state index in [-0.39, 0.29) is 5.56 Å². The zero-order valence-corrected chi connectivity index (χ0v) is 21.5. The van der Waals surface area contributed by atoms with E-state index in [0.29, 0.717) is 17.9 Å². The van der Waals surface area contributed by atoms with Gasteiger partial charge in [0.05, 0.1) is 11.4 Å². The van der Waals surface area contributed by atoms with Gasteiger partial charge in [0.2, 0.25) is 5.95 Å². The van der Waals surface area contributed by atoms with Gasteiger partial charge < -0.3 is 15.1 Å². The second-order valence-corrected chi connectivity index (χ2v) is 11.0. The molecule has 0 saturated heterocycles. The first-order chi connectivity index (χ1) is 15.4. The molecule has 3 aromatic rings. The first kappa shape index (κ1) is 24.8. The van der Waals surface area contributed by atoms with Crippen molar-refractivity contribution in [3.63, 3.8) is 0 Å². The van der Waals surface area contributed by atoms with E-state index in [1.807, 2.05) is 31.2 Å². The van der Waals surface area contributed by atoms with Crippen molar-refractivity contribution in [1.29, 1.82) is 0 Å². The molecule has 0 aliphatic carbocycles. The highest BCUT2D eigenvalue weighted by Gasteiger charge is 2.08. The van der Waals surface area contributed by atoms with E-state index < -0.39 is 0 Å². The third-order valence-corrected chi connectivity index (χ3v) is 7.20. The molecule has 0 bridgehead atoms. The lowest BCUT2D eigenvalue weighted by molar-refractivity contribution is 0.401. The van der Waals surface area contributed by atoms with Gasteiger partial charge in [-0.2, -0.15) is 11.8 Å². The Labute approximate surface area is 201 Å². The van der Waals surface area contributed by atoms with E-state index in [1.54, 1.807) is 28.9 Å². The van der Waals surface area contributed by atoms with Gasteiger partial charge in [0, 0.05) is 54.3 Å². The second kappa shape index (κ2) is 12.4. The molecule has 3 aromatic heterocycles. The van der Waals surface area contributed by atoms with Crippen molar-refractivity contribution < 1.29 is 0 Å². The lowest BCUT2D eigenvalue weighted by Gasteiger charge is -2.06. The first-order valence-corrected chi connectivity index (χ1v) is 13.4. The van der Waals surface area contributed by atoms with Crippen LogP contribution in [0.5, 0.6) is 0 Å². The SMILES string of the molecule is CN(C)Cc1nc(CSCCCNc2ncc(Cc3csc(CN(C)C)n3)c(=O)[nH]2)cs1. The number of hydrogen-bond acceptors (Lipinski definition) is 10. The molecule has 3 heterocycles. The third-order valence-electron chi connectivity index (χ3n) is 4.35. The highest BCUT2D eigenvalue weighted by Crippen LogP contribution is 2.17. The van der Waals surface area contributed by atoms with Crippen LogP contribution in [0.25, 0.3) is 0 Å². The van der Waals surface area contributed by atoms with Crippen molar-refractivity contribution in [3.8, 4) is 0 Å². The Morgan fingerprint density at radius 3 is 2.34 bits per heavy atom. The fourth-order valence-corrected chi connectivity index (χ4v) is 5.70. The normalized spacial score (nSPS) is 11.6. The number of aromatic amines is 1. The van der Waals surface area contributed by atoms with Gasteiger partial charge in [-0.3, -0.25) is 9.78 Å². The molecule has 0 spiro atoms. The minimum absolute atomic E-state index is 0.115.